The summed E-state index contributed by atoms with van der Waals surface area (Å²) in [4.78, 5) is 1.24. The third-order valence-electron chi connectivity index (χ3n) is 2.56. The SMILES string of the molecule is CC(C)Oc1cccc(NCc2sccc2Br)c1N. The maximum atomic E-state index is 6.11. The molecular formula is C14H17BrN2OS. The molecule has 1 aromatic carbocycles. The van der Waals surface area contributed by atoms with Gasteiger partial charge in [-0.05, 0) is 53.4 Å². The van der Waals surface area contributed by atoms with E-state index in [-0.39, 0.29) is 6.10 Å². The van der Waals surface area contributed by atoms with Crippen LogP contribution < -0.4 is 15.8 Å². The highest BCUT2D eigenvalue weighted by molar-refractivity contribution is 9.10. The predicted octanol–water partition coefficient (Wildman–Crippen LogP) is 4.49. The summed E-state index contributed by atoms with van der Waals surface area (Å²) in [5.74, 6) is 0.727. The van der Waals surface area contributed by atoms with Gasteiger partial charge in [0.15, 0.2) is 0 Å². The number of anilines is 2. The van der Waals surface area contributed by atoms with Gasteiger partial charge in [0.1, 0.15) is 5.75 Å². The zero-order valence-corrected chi connectivity index (χ0v) is 13.3. The van der Waals surface area contributed by atoms with Crippen molar-refractivity contribution in [2.24, 2.45) is 0 Å². The van der Waals surface area contributed by atoms with E-state index in [9.17, 15) is 0 Å². The van der Waals surface area contributed by atoms with Gasteiger partial charge in [-0.2, -0.15) is 0 Å². The summed E-state index contributed by atoms with van der Waals surface area (Å²) < 4.78 is 6.80. The van der Waals surface area contributed by atoms with Gasteiger partial charge in [-0.25, -0.2) is 0 Å². The van der Waals surface area contributed by atoms with Crippen LogP contribution >= 0.6 is 27.3 Å². The van der Waals surface area contributed by atoms with Crippen LogP contribution in [0.2, 0.25) is 0 Å². The van der Waals surface area contributed by atoms with Crippen molar-refractivity contribution in [2.45, 2.75) is 26.5 Å². The van der Waals surface area contributed by atoms with Crippen molar-refractivity contribution in [3.63, 3.8) is 0 Å². The van der Waals surface area contributed by atoms with E-state index in [1.54, 1.807) is 11.3 Å². The summed E-state index contributed by atoms with van der Waals surface area (Å²) in [6.45, 7) is 4.72. The van der Waals surface area contributed by atoms with Crippen LogP contribution in [0.15, 0.2) is 34.1 Å². The van der Waals surface area contributed by atoms with Gasteiger partial charge in [-0.15, -0.1) is 11.3 Å². The van der Waals surface area contributed by atoms with Crippen molar-refractivity contribution in [1.82, 2.24) is 0 Å². The summed E-state index contributed by atoms with van der Waals surface area (Å²) in [7, 11) is 0. The highest BCUT2D eigenvalue weighted by atomic mass is 79.9. The maximum absolute atomic E-state index is 6.11. The molecule has 0 unspecified atom stereocenters. The largest absolute Gasteiger partial charge is 0.489 e. The van der Waals surface area contributed by atoms with Crippen LogP contribution in [0.25, 0.3) is 0 Å². The van der Waals surface area contributed by atoms with Crippen molar-refractivity contribution in [3.8, 4) is 5.75 Å². The molecule has 0 aliphatic carbocycles. The molecule has 102 valence electrons. The first kappa shape index (κ1) is 14.2. The molecule has 0 amide bonds. The van der Waals surface area contributed by atoms with Gasteiger partial charge in [0, 0.05) is 9.35 Å². The molecule has 1 aromatic heterocycles. The quantitative estimate of drug-likeness (QED) is 0.788. The molecule has 0 saturated carbocycles. The maximum Gasteiger partial charge on any atom is 0.144 e. The van der Waals surface area contributed by atoms with Crippen LogP contribution in [0.5, 0.6) is 5.75 Å². The molecule has 3 N–H and O–H groups in total. The molecule has 1 heterocycles. The number of nitrogens with one attached hydrogen (secondary N) is 1. The molecule has 0 aliphatic rings. The second-order valence-corrected chi connectivity index (χ2v) is 6.28. The summed E-state index contributed by atoms with van der Waals surface area (Å²) in [5.41, 5.74) is 7.67. The first-order valence-corrected chi connectivity index (χ1v) is 7.76. The second kappa shape index (κ2) is 6.30. The third-order valence-corrected chi connectivity index (χ3v) is 4.49. The Labute approximate surface area is 125 Å². The van der Waals surface area contributed by atoms with E-state index < -0.39 is 0 Å². The number of nitrogens with two attached hydrogens (primary N) is 1. The third kappa shape index (κ3) is 3.64. The van der Waals surface area contributed by atoms with E-state index >= 15 is 0 Å². The van der Waals surface area contributed by atoms with Gasteiger partial charge < -0.3 is 15.8 Å². The van der Waals surface area contributed by atoms with Gasteiger partial charge >= 0.3 is 0 Å². The highest BCUT2D eigenvalue weighted by Crippen LogP contribution is 2.31. The van der Waals surface area contributed by atoms with Crippen LogP contribution in [-0.2, 0) is 6.54 Å². The van der Waals surface area contributed by atoms with Crippen molar-refractivity contribution < 1.29 is 4.74 Å². The van der Waals surface area contributed by atoms with Crippen molar-refractivity contribution in [2.75, 3.05) is 11.1 Å². The first-order chi connectivity index (χ1) is 9.08. The lowest BCUT2D eigenvalue weighted by Crippen LogP contribution is -2.09. The average Bonchev–Trinajstić information content (AvgIpc) is 2.76. The number of ether oxygens (including phenoxy) is 1. The number of benzene rings is 1. The Morgan fingerprint density at radius 1 is 1.37 bits per heavy atom. The Bertz CT molecular complexity index is 554. The number of halogens is 1. The van der Waals surface area contributed by atoms with E-state index in [0.29, 0.717) is 5.69 Å². The number of hydrogen-bond donors (Lipinski definition) is 2. The zero-order chi connectivity index (χ0) is 13.8. The normalized spacial score (nSPS) is 10.7. The van der Waals surface area contributed by atoms with Gasteiger partial charge in [-0.3, -0.25) is 0 Å². The van der Waals surface area contributed by atoms with E-state index in [2.05, 4.69) is 26.6 Å². The molecule has 2 rings (SSSR count). The zero-order valence-electron chi connectivity index (χ0n) is 10.9. The Hall–Kier alpha value is -1.20. The summed E-state index contributed by atoms with van der Waals surface area (Å²) in [6.07, 6.45) is 0.115. The van der Waals surface area contributed by atoms with Crippen molar-refractivity contribution >= 4 is 38.6 Å². The van der Waals surface area contributed by atoms with E-state index in [4.69, 9.17) is 10.5 Å². The molecule has 0 spiro atoms. The van der Waals surface area contributed by atoms with Crippen LogP contribution in [-0.4, -0.2) is 6.10 Å². The Kier molecular flexibility index (Phi) is 4.71. The molecule has 0 saturated heterocycles. The van der Waals surface area contributed by atoms with Crippen LogP contribution in [0.4, 0.5) is 11.4 Å². The van der Waals surface area contributed by atoms with E-state index in [0.717, 1.165) is 22.5 Å². The fraction of sp³-hybridized carbons (Fsp3) is 0.286. The minimum atomic E-state index is 0.115. The van der Waals surface area contributed by atoms with Gasteiger partial charge in [0.25, 0.3) is 0 Å². The fourth-order valence-electron chi connectivity index (χ4n) is 1.68. The number of rotatable bonds is 5. The van der Waals surface area contributed by atoms with Crippen LogP contribution in [0.1, 0.15) is 18.7 Å². The topological polar surface area (TPSA) is 47.3 Å². The number of thiophene rings is 1. The smallest absolute Gasteiger partial charge is 0.144 e. The van der Waals surface area contributed by atoms with Gasteiger partial charge in [0.05, 0.1) is 24.0 Å². The van der Waals surface area contributed by atoms with Crippen molar-refractivity contribution in [3.05, 3.63) is 39.0 Å². The van der Waals surface area contributed by atoms with E-state index in [1.165, 1.54) is 4.88 Å². The number of hydrogen-bond acceptors (Lipinski definition) is 4. The molecular weight excluding hydrogens is 324 g/mol. The Balaban J connectivity index is 2.10. The lowest BCUT2D eigenvalue weighted by molar-refractivity contribution is 0.244. The Morgan fingerprint density at radius 3 is 2.79 bits per heavy atom. The summed E-state index contributed by atoms with van der Waals surface area (Å²) in [6, 6.07) is 7.84. The Morgan fingerprint density at radius 2 is 2.16 bits per heavy atom. The molecule has 2 aromatic rings. The van der Waals surface area contributed by atoms with Crippen LogP contribution in [0, 0.1) is 0 Å². The standard InChI is InChI=1S/C14H17BrN2OS/c1-9(2)18-12-5-3-4-11(14(12)16)17-8-13-10(15)6-7-19-13/h3-7,9,17H,8,16H2,1-2H3. The minimum absolute atomic E-state index is 0.115. The second-order valence-electron chi connectivity index (χ2n) is 4.43. The van der Waals surface area contributed by atoms with Gasteiger partial charge in [-0.1, -0.05) is 6.07 Å². The fourth-order valence-corrected chi connectivity index (χ4v) is 3.11. The first-order valence-electron chi connectivity index (χ1n) is 6.09. The molecule has 0 radical (unpaired) electrons. The highest BCUT2D eigenvalue weighted by Gasteiger charge is 2.08. The molecule has 5 heteroatoms. The summed E-state index contributed by atoms with van der Waals surface area (Å²) >= 11 is 5.23. The number of nitrogen functional groups attached to an aromatic ring is 1. The molecule has 0 atom stereocenters. The van der Waals surface area contributed by atoms with Crippen LogP contribution in [0.3, 0.4) is 0 Å². The minimum Gasteiger partial charge on any atom is -0.489 e. The molecule has 3 nitrogen and oxygen atoms in total. The molecule has 0 fully saturated rings. The molecule has 0 aliphatic heterocycles. The van der Waals surface area contributed by atoms with Gasteiger partial charge in [0.2, 0.25) is 0 Å². The monoisotopic (exact) mass is 340 g/mol. The van der Waals surface area contributed by atoms with Crippen molar-refractivity contribution in [1.29, 1.82) is 0 Å². The number of para-hydroxylation sites is 1. The lowest BCUT2D eigenvalue weighted by Gasteiger charge is -2.15. The predicted molar refractivity (Wildman–Crippen MR) is 86.0 cm³/mol. The average molecular weight is 341 g/mol. The lowest BCUT2D eigenvalue weighted by atomic mass is 10.2. The molecule has 0 bridgehead atoms. The molecule has 19 heavy (non-hydrogen) atoms. The summed E-state index contributed by atoms with van der Waals surface area (Å²) in [5, 5.41) is 5.40. The van der Waals surface area contributed by atoms with E-state index in [1.807, 2.05) is 38.1 Å².